The lowest BCUT2D eigenvalue weighted by Crippen LogP contribution is -2.32. The molecule has 0 aromatic heterocycles. The molecule has 0 heterocycles. The summed E-state index contributed by atoms with van der Waals surface area (Å²) < 4.78 is 10.2. The molecule has 1 rings (SSSR count). The van der Waals surface area contributed by atoms with Crippen LogP contribution >= 0.6 is 0 Å². The summed E-state index contributed by atoms with van der Waals surface area (Å²) in [7, 11) is 1.59. The summed E-state index contributed by atoms with van der Waals surface area (Å²) >= 11 is 0. The molecule has 6 nitrogen and oxygen atoms in total. The molecule has 4 N–H and O–H groups in total. The number of nitrogens with two attached hydrogens (primary N) is 2. The first-order chi connectivity index (χ1) is 10.1. The number of hydrogen-bond acceptors (Lipinski definition) is 6. The molecule has 0 saturated carbocycles. The SMILES string of the molecule is COc1ccc(COC(=O)C(N)CCC[C@H](N)C=O)cc1. The number of ether oxygens (including phenoxy) is 2. The standard InChI is InChI=1S/C15H22N2O4/c1-20-13-7-5-11(6-8-13)10-21-15(19)14(17)4-2-3-12(16)9-18/h5-9,12,14H,2-4,10,16-17H2,1H3/t12-,14?/m0/s1. The zero-order valence-electron chi connectivity index (χ0n) is 12.2. The van der Waals surface area contributed by atoms with Crippen molar-refractivity contribution < 1.29 is 19.1 Å². The van der Waals surface area contributed by atoms with E-state index in [1.807, 2.05) is 12.1 Å². The summed E-state index contributed by atoms with van der Waals surface area (Å²) in [5, 5.41) is 0. The van der Waals surface area contributed by atoms with Gasteiger partial charge in [-0.3, -0.25) is 4.79 Å². The molecule has 116 valence electrons. The van der Waals surface area contributed by atoms with E-state index in [0.717, 1.165) is 11.3 Å². The van der Waals surface area contributed by atoms with Crippen LogP contribution in [0.5, 0.6) is 5.75 Å². The molecule has 0 aliphatic heterocycles. The number of carbonyl (C=O) groups excluding carboxylic acids is 2. The Kier molecular flexibility index (Phi) is 7.42. The van der Waals surface area contributed by atoms with E-state index >= 15 is 0 Å². The molecule has 1 aromatic rings. The van der Waals surface area contributed by atoms with Gasteiger partial charge in [-0.05, 0) is 37.0 Å². The summed E-state index contributed by atoms with van der Waals surface area (Å²) in [5.74, 6) is 0.291. The third-order valence-corrected chi connectivity index (χ3v) is 3.07. The Morgan fingerprint density at radius 3 is 2.48 bits per heavy atom. The first-order valence-corrected chi connectivity index (χ1v) is 6.83. The second kappa shape index (κ2) is 9.10. The molecule has 0 fully saturated rings. The normalized spacial score (nSPS) is 13.3. The predicted octanol–water partition coefficient (Wildman–Crippen LogP) is 0.762. The van der Waals surface area contributed by atoms with E-state index in [9.17, 15) is 9.59 Å². The van der Waals surface area contributed by atoms with Gasteiger partial charge >= 0.3 is 5.97 Å². The molecular weight excluding hydrogens is 272 g/mol. The third-order valence-electron chi connectivity index (χ3n) is 3.07. The van der Waals surface area contributed by atoms with Crippen LogP contribution in [0.2, 0.25) is 0 Å². The molecule has 0 spiro atoms. The lowest BCUT2D eigenvalue weighted by molar-refractivity contribution is -0.146. The molecule has 1 aromatic carbocycles. The van der Waals surface area contributed by atoms with Crippen LogP contribution in [0, 0.1) is 0 Å². The van der Waals surface area contributed by atoms with Crippen LogP contribution in [0.1, 0.15) is 24.8 Å². The fourth-order valence-corrected chi connectivity index (χ4v) is 1.74. The van der Waals surface area contributed by atoms with Gasteiger partial charge in [0.05, 0.1) is 13.2 Å². The number of esters is 1. The minimum atomic E-state index is -0.692. The van der Waals surface area contributed by atoms with E-state index in [1.165, 1.54) is 0 Å². The average Bonchev–Trinajstić information content (AvgIpc) is 2.52. The molecule has 0 aliphatic carbocycles. The van der Waals surface area contributed by atoms with Crippen LogP contribution < -0.4 is 16.2 Å². The number of benzene rings is 1. The van der Waals surface area contributed by atoms with Crippen molar-refractivity contribution in [2.24, 2.45) is 11.5 Å². The van der Waals surface area contributed by atoms with Crippen molar-refractivity contribution in [3.8, 4) is 5.75 Å². The summed E-state index contributed by atoms with van der Waals surface area (Å²) in [6.45, 7) is 0.171. The molecular formula is C15H22N2O4. The zero-order chi connectivity index (χ0) is 15.7. The summed E-state index contributed by atoms with van der Waals surface area (Å²) in [6.07, 6.45) is 2.26. The van der Waals surface area contributed by atoms with Crippen molar-refractivity contribution in [3.05, 3.63) is 29.8 Å². The molecule has 0 saturated heterocycles. The quantitative estimate of drug-likeness (QED) is 0.514. The van der Waals surface area contributed by atoms with Gasteiger partial charge in [0.1, 0.15) is 24.7 Å². The second-order valence-corrected chi connectivity index (χ2v) is 4.79. The van der Waals surface area contributed by atoms with Crippen molar-refractivity contribution in [2.75, 3.05) is 7.11 Å². The topological polar surface area (TPSA) is 105 Å². The highest BCUT2D eigenvalue weighted by Gasteiger charge is 2.15. The van der Waals surface area contributed by atoms with Gasteiger partial charge in [-0.25, -0.2) is 0 Å². The molecule has 0 amide bonds. The lowest BCUT2D eigenvalue weighted by Gasteiger charge is -2.12. The number of aldehydes is 1. The lowest BCUT2D eigenvalue weighted by atomic mass is 10.1. The first kappa shape index (κ1) is 17.1. The van der Waals surface area contributed by atoms with Crippen LogP contribution in [0.15, 0.2) is 24.3 Å². The van der Waals surface area contributed by atoms with Gasteiger partial charge in [0.25, 0.3) is 0 Å². The maximum Gasteiger partial charge on any atom is 0.323 e. The van der Waals surface area contributed by atoms with E-state index in [0.29, 0.717) is 25.5 Å². The Labute approximate surface area is 124 Å². The molecule has 0 aliphatic rings. The van der Waals surface area contributed by atoms with E-state index in [4.69, 9.17) is 20.9 Å². The van der Waals surface area contributed by atoms with E-state index in [2.05, 4.69) is 0 Å². The van der Waals surface area contributed by atoms with Crippen LogP contribution in [0.25, 0.3) is 0 Å². The van der Waals surface area contributed by atoms with Crippen molar-refractivity contribution in [1.29, 1.82) is 0 Å². The fourth-order valence-electron chi connectivity index (χ4n) is 1.74. The maximum absolute atomic E-state index is 11.7. The van der Waals surface area contributed by atoms with Crippen molar-refractivity contribution in [3.63, 3.8) is 0 Å². The van der Waals surface area contributed by atoms with Crippen molar-refractivity contribution in [2.45, 2.75) is 38.0 Å². The van der Waals surface area contributed by atoms with Crippen molar-refractivity contribution in [1.82, 2.24) is 0 Å². The van der Waals surface area contributed by atoms with Gasteiger partial charge in [-0.1, -0.05) is 12.1 Å². The molecule has 2 atom stereocenters. The van der Waals surface area contributed by atoms with Gasteiger partial charge in [0.2, 0.25) is 0 Å². The zero-order valence-corrected chi connectivity index (χ0v) is 12.2. The smallest absolute Gasteiger partial charge is 0.323 e. The van der Waals surface area contributed by atoms with Crippen LogP contribution in [0.3, 0.4) is 0 Å². The highest BCUT2D eigenvalue weighted by atomic mass is 16.5. The van der Waals surface area contributed by atoms with Crippen molar-refractivity contribution >= 4 is 12.3 Å². The summed E-state index contributed by atoms with van der Waals surface area (Å²) in [4.78, 5) is 22.1. The number of rotatable bonds is 9. The largest absolute Gasteiger partial charge is 0.497 e. The molecule has 21 heavy (non-hydrogen) atoms. The number of carbonyl (C=O) groups is 2. The Bertz CT molecular complexity index is 447. The molecule has 6 heteroatoms. The second-order valence-electron chi connectivity index (χ2n) is 4.79. The predicted molar refractivity (Wildman–Crippen MR) is 78.7 cm³/mol. The molecule has 0 bridgehead atoms. The average molecular weight is 294 g/mol. The summed E-state index contributed by atoms with van der Waals surface area (Å²) in [6, 6.07) is 6.05. The number of hydrogen-bond donors (Lipinski definition) is 2. The third kappa shape index (κ3) is 6.37. The Hall–Kier alpha value is -1.92. The Morgan fingerprint density at radius 2 is 1.90 bits per heavy atom. The Morgan fingerprint density at radius 1 is 1.24 bits per heavy atom. The molecule has 1 unspecified atom stereocenters. The van der Waals surface area contributed by atoms with E-state index in [1.54, 1.807) is 19.2 Å². The highest BCUT2D eigenvalue weighted by molar-refractivity contribution is 5.75. The number of methoxy groups -OCH3 is 1. The Balaban J connectivity index is 2.29. The van der Waals surface area contributed by atoms with Gasteiger partial charge in [-0.2, -0.15) is 0 Å². The van der Waals surface area contributed by atoms with Gasteiger partial charge < -0.3 is 25.7 Å². The first-order valence-electron chi connectivity index (χ1n) is 6.83. The van der Waals surface area contributed by atoms with Gasteiger partial charge in [0, 0.05) is 0 Å². The van der Waals surface area contributed by atoms with E-state index in [-0.39, 0.29) is 6.61 Å². The van der Waals surface area contributed by atoms with Crippen LogP contribution in [-0.2, 0) is 20.9 Å². The van der Waals surface area contributed by atoms with Gasteiger partial charge in [-0.15, -0.1) is 0 Å². The van der Waals surface area contributed by atoms with E-state index < -0.39 is 18.1 Å². The minimum absolute atomic E-state index is 0.171. The maximum atomic E-state index is 11.7. The van der Waals surface area contributed by atoms with Gasteiger partial charge in [0.15, 0.2) is 0 Å². The van der Waals surface area contributed by atoms with Crippen LogP contribution in [0.4, 0.5) is 0 Å². The van der Waals surface area contributed by atoms with Crippen LogP contribution in [-0.4, -0.2) is 31.4 Å². The summed E-state index contributed by atoms with van der Waals surface area (Å²) in [5.41, 5.74) is 12.0. The molecule has 0 radical (unpaired) electrons. The minimum Gasteiger partial charge on any atom is -0.497 e. The fraction of sp³-hybridized carbons (Fsp3) is 0.467. The highest BCUT2D eigenvalue weighted by Crippen LogP contribution is 2.12. The monoisotopic (exact) mass is 294 g/mol.